The lowest BCUT2D eigenvalue weighted by atomic mass is 10.2. The molecule has 0 spiro atoms. The number of benzene rings is 1. The topological polar surface area (TPSA) is 47.9 Å². The van der Waals surface area contributed by atoms with E-state index in [4.69, 9.17) is 0 Å². The minimum Gasteiger partial charge on any atom is -0.301 e. The van der Waals surface area contributed by atoms with Crippen LogP contribution < -0.4 is 5.43 Å². The van der Waals surface area contributed by atoms with Crippen LogP contribution in [0.4, 0.5) is 4.39 Å². The number of halogens is 1. The van der Waals surface area contributed by atoms with Crippen molar-refractivity contribution in [1.82, 2.24) is 15.2 Å². The van der Waals surface area contributed by atoms with E-state index in [2.05, 4.69) is 27.3 Å². The molecule has 1 saturated heterocycles. The summed E-state index contributed by atoms with van der Waals surface area (Å²) in [6.07, 6.45) is 1.51. The standard InChI is InChI=1S/C15H21FN4O/c1-2-19-7-9-20(10-8-19)12-15(21)18-17-11-13-3-5-14(16)6-4-13/h3-6,11H,2,7-10,12H2,1H3,(H,18,21)/b17-11-. The fraction of sp³-hybridized carbons (Fsp3) is 0.467. The first-order valence-electron chi connectivity index (χ1n) is 7.19. The Kier molecular flexibility index (Phi) is 5.83. The Morgan fingerprint density at radius 1 is 1.24 bits per heavy atom. The number of carbonyl (C=O) groups is 1. The first-order chi connectivity index (χ1) is 10.2. The molecule has 1 fully saturated rings. The van der Waals surface area contributed by atoms with E-state index < -0.39 is 0 Å². The van der Waals surface area contributed by atoms with Crippen LogP contribution >= 0.6 is 0 Å². The van der Waals surface area contributed by atoms with Crippen molar-refractivity contribution in [3.05, 3.63) is 35.6 Å². The molecule has 1 heterocycles. The molecule has 6 heteroatoms. The van der Waals surface area contributed by atoms with Gasteiger partial charge in [-0.1, -0.05) is 19.1 Å². The second kappa shape index (κ2) is 7.85. The van der Waals surface area contributed by atoms with Gasteiger partial charge in [0.05, 0.1) is 12.8 Å². The van der Waals surface area contributed by atoms with Crippen molar-refractivity contribution in [1.29, 1.82) is 0 Å². The minimum atomic E-state index is -0.289. The van der Waals surface area contributed by atoms with Gasteiger partial charge in [-0.15, -0.1) is 0 Å². The molecule has 114 valence electrons. The van der Waals surface area contributed by atoms with Crippen LogP contribution in [0.3, 0.4) is 0 Å². The zero-order chi connectivity index (χ0) is 15.1. The van der Waals surface area contributed by atoms with E-state index in [0.717, 1.165) is 38.3 Å². The number of hydrogen-bond acceptors (Lipinski definition) is 4. The van der Waals surface area contributed by atoms with E-state index in [0.29, 0.717) is 6.54 Å². The van der Waals surface area contributed by atoms with Crippen LogP contribution in [0.1, 0.15) is 12.5 Å². The summed E-state index contributed by atoms with van der Waals surface area (Å²) < 4.78 is 12.7. The Bertz CT molecular complexity index is 481. The van der Waals surface area contributed by atoms with Gasteiger partial charge in [-0.25, -0.2) is 9.82 Å². The van der Waals surface area contributed by atoms with Crippen LogP contribution in [0.2, 0.25) is 0 Å². The molecule has 1 aromatic rings. The third kappa shape index (κ3) is 5.24. The monoisotopic (exact) mass is 292 g/mol. The number of rotatable bonds is 5. The smallest absolute Gasteiger partial charge is 0.254 e. The molecule has 21 heavy (non-hydrogen) atoms. The van der Waals surface area contributed by atoms with Crippen molar-refractivity contribution in [3.63, 3.8) is 0 Å². The Labute approximate surface area is 124 Å². The number of hydrazone groups is 1. The molecule has 0 unspecified atom stereocenters. The predicted molar refractivity (Wildman–Crippen MR) is 80.7 cm³/mol. The quantitative estimate of drug-likeness (QED) is 0.648. The lowest BCUT2D eigenvalue weighted by Crippen LogP contribution is -2.48. The summed E-state index contributed by atoms with van der Waals surface area (Å²) in [5, 5.41) is 3.88. The average Bonchev–Trinajstić information content (AvgIpc) is 2.50. The molecular weight excluding hydrogens is 271 g/mol. The summed E-state index contributed by atoms with van der Waals surface area (Å²) in [4.78, 5) is 16.2. The van der Waals surface area contributed by atoms with E-state index in [9.17, 15) is 9.18 Å². The Morgan fingerprint density at radius 2 is 1.86 bits per heavy atom. The van der Waals surface area contributed by atoms with Gasteiger partial charge in [0.15, 0.2) is 0 Å². The lowest BCUT2D eigenvalue weighted by molar-refractivity contribution is -0.122. The van der Waals surface area contributed by atoms with Crippen LogP contribution in [0.15, 0.2) is 29.4 Å². The molecule has 1 N–H and O–H groups in total. The van der Waals surface area contributed by atoms with Crippen molar-refractivity contribution in [2.75, 3.05) is 39.3 Å². The molecular formula is C15H21FN4O. The Hall–Kier alpha value is -1.79. The molecule has 0 atom stereocenters. The van der Waals surface area contributed by atoms with Gasteiger partial charge < -0.3 is 4.90 Å². The van der Waals surface area contributed by atoms with Gasteiger partial charge in [0.25, 0.3) is 5.91 Å². The third-order valence-electron chi connectivity index (χ3n) is 3.55. The Morgan fingerprint density at radius 3 is 2.48 bits per heavy atom. The first-order valence-corrected chi connectivity index (χ1v) is 7.19. The molecule has 0 saturated carbocycles. The van der Waals surface area contributed by atoms with E-state index in [1.165, 1.54) is 18.3 Å². The summed E-state index contributed by atoms with van der Waals surface area (Å²) in [6.45, 7) is 7.38. The molecule has 0 radical (unpaired) electrons. The highest BCUT2D eigenvalue weighted by atomic mass is 19.1. The SMILES string of the molecule is CCN1CCN(CC(=O)N/N=C\c2ccc(F)cc2)CC1. The van der Waals surface area contributed by atoms with Crippen LogP contribution in [-0.2, 0) is 4.79 Å². The maximum absolute atomic E-state index is 12.7. The Balaban J connectivity index is 1.71. The van der Waals surface area contributed by atoms with Crippen LogP contribution in [0.25, 0.3) is 0 Å². The number of nitrogens with one attached hydrogen (secondary N) is 1. The normalized spacial score (nSPS) is 17.2. The van der Waals surface area contributed by atoms with Crippen molar-refractivity contribution in [2.24, 2.45) is 5.10 Å². The van der Waals surface area contributed by atoms with Gasteiger partial charge in [-0.3, -0.25) is 9.69 Å². The van der Waals surface area contributed by atoms with E-state index in [-0.39, 0.29) is 11.7 Å². The molecule has 0 bridgehead atoms. The van der Waals surface area contributed by atoms with Gasteiger partial charge >= 0.3 is 0 Å². The van der Waals surface area contributed by atoms with Crippen LogP contribution in [-0.4, -0.2) is 61.2 Å². The van der Waals surface area contributed by atoms with E-state index in [1.54, 1.807) is 12.1 Å². The zero-order valence-electron chi connectivity index (χ0n) is 12.3. The van der Waals surface area contributed by atoms with Gasteiger partial charge in [0.2, 0.25) is 0 Å². The molecule has 1 aliphatic heterocycles. The summed E-state index contributed by atoms with van der Waals surface area (Å²) in [5.74, 6) is -0.416. The summed E-state index contributed by atoms with van der Waals surface area (Å²) in [7, 11) is 0. The van der Waals surface area contributed by atoms with Crippen LogP contribution in [0, 0.1) is 5.82 Å². The van der Waals surface area contributed by atoms with Crippen LogP contribution in [0.5, 0.6) is 0 Å². The third-order valence-corrected chi connectivity index (χ3v) is 3.55. The number of amides is 1. The largest absolute Gasteiger partial charge is 0.301 e. The molecule has 5 nitrogen and oxygen atoms in total. The minimum absolute atomic E-state index is 0.127. The summed E-state index contributed by atoms with van der Waals surface area (Å²) >= 11 is 0. The number of likely N-dealkylation sites (N-methyl/N-ethyl adjacent to an activating group) is 1. The fourth-order valence-electron chi connectivity index (χ4n) is 2.23. The average molecular weight is 292 g/mol. The molecule has 2 rings (SSSR count). The van der Waals surface area contributed by atoms with E-state index in [1.807, 2.05) is 0 Å². The van der Waals surface area contributed by atoms with Gasteiger partial charge in [-0.05, 0) is 24.2 Å². The lowest BCUT2D eigenvalue weighted by Gasteiger charge is -2.33. The number of hydrogen-bond donors (Lipinski definition) is 1. The predicted octanol–water partition coefficient (Wildman–Crippen LogP) is 0.913. The maximum atomic E-state index is 12.7. The van der Waals surface area contributed by atoms with Gasteiger partial charge in [0, 0.05) is 26.2 Å². The van der Waals surface area contributed by atoms with E-state index >= 15 is 0 Å². The highest BCUT2D eigenvalue weighted by Crippen LogP contribution is 2.01. The van der Waals surface area contributed by atoms with Gasteiger partial charge in [0.1, 0.15) is 5.82 Å². The van der Waals surface area contributed by atoms with Crippen molar-refractivity contribution >= 4 is 12.1 Å². The highest BCUT2D eigenvalue weighted by molar-refractivity contribution is 5.83. The number of piperazine rings is 1. The van der Waals surface area contributed by atoms with Gasteiger partial charge in [-0.2, -0.15) is 5.10 Å². The van der Waals surface area contributed by atoms with Crippen molar-refractivity contribution < 1.29 is 9.18 Å². The molecule has 0 aliphatic carbocycles. The maximum Gasteiger partial charge on any atom is 0.254 e. The molecule has 1 aliphatic rings. The summed E-state index contributed by atoms with van der Waals surface area (Å²) in [5.41, 5.74) is 3.24. The number of nitrogens with zero attached hydrogens (tertiary/aromatic N) is 3. The van der Waals surface area contributed by atoms with Crippen molar-refractivity contribution in [2.45, 2.75) is 6.92 Å². The van der Waals surface area contributed by atoms with Crippen molar-refractivity contribution in [3.8, 4) is 0 Å². The molecule has 1 amide bonds. The zero-order valence-corrected chi connectivity index (χ0v) is 12.3. The fourth-order valence-corrected chi connectivity index (χ4v) is 2.23. The highest BCUT2D eigenvalue weighted by Gasteiger charge is 2.17. The number of carbonyl (C=O) groups excluding carboxylic acids is 1. The summed E-state index contributed by atoms with van der Waals surface area (Å²) in [6, 6.07) is 5.93. The second-order valence-corrected chi connectivity index (χ2v) is 5.06. The molecule has 0 aromatic heterocycles. The molecule has 1 aromatic carbocycles. The second-order valence-electron chi connectivity index (χ2n) is 5.06. The first kappa shape index (κ1) is 15.6.